The van der Waals surface area contributed by atoms with Gasteiger partial charge in [-0.25, -0.2) is 0 Å². The summed E-state index contributed by atoms with van der Waals surface area (Å²) < 4.78 is 0. The maximum Gasteiger partial charge on any atom is 0.255 e. The van der Waals surface area contributed by atoms with E-state index in [1.807, 2.05) is 30.3 Å². The second-order valence-corrected chi connectivity index (χ2v) is 4.24. The first-order valence-electron chi connectivity index (χ1n) is 5.48. The highest BCUT2D eigenvalue weighted by Gasteiger charge is 2.08. The van der Waals surface area contributed by atoms with Crippen molar-refractivity contribution in [3.8, 4) is 0 Å². The van der Waals surface area contributed by atoms with Crippen LogP contribution in [0.2, 0.25) is 5.02 Å². The van der Waals surface area contributed by atoms with E-state index in [0.717, 1.165) is 5.56 Å². The zero-order valence-corrected chi connectivity index (χ0v) is 10.4. The summed E-state index contributed by atoms with van der Waals surface area (Å²) in [5.74, 6) is -0.219. The zero-order valence-electron chi connectivity index (χ0n) is 9.69. The summed E-state index contributed by atoms with van der Waals surface area (Å²) in [6, 6.07) is 16.3. The lowest BCUT2D eigenvalue weighted by Crippen LogP contribution is -2.12. The lowest BCUT2D eigenvalue weighted by molar-refractivity contribution is -0.111. The van der Waals surface area contributed by atoms with Crippen LogP contribution in [0.3, 0.4) is 0 Å². The number of rotatable bonds is 3. The molecular formula is C15H12ClNO. The van der Waals surface area contributed by atoms with Crippen LogP contribution in [-0.2, 0) is 4.79 Å². The topological polar surface area (TPSA) is 29.1 Å². The normalized spacial score (nSPS) is 9.83. The van der Waals surface area contributed by atoms with Crippen molar-refractivity contribution in [3.05, 3.63) is 71.8 Å². The number of amides is 1. The van der Waals surface area contributed by atoms with E-state index in [1.54, 1.807) is 24.3 Å². The first-order chi connectivity index (χ1) is 8.66. The number of benzene rings is 2. The molecule has 2 rings (SSSR count). The molecule has 0 aromatic heterocycles. The molecule has 0 saturated heterocycles. The second kappa shape index (κ2) is 5.52. The van der Waals surface area contributed by atoms with Crippen LogP contribution in [0, 0.1) is 0 Å². The van der Waals surface area contributed by atoms with Gasteiger partial charge in [0.05, 0.1) is 0 Å². The summed E-state index contributed by atoms with van der Waals surface area (Å²) in [5, 5.41) is 3.40. The molecule has 0 aliphatic rings. The predicted molar refractivity (Wildman–Crippen MR) is 75.6 cm³/mol. The van der Waals surface area contributed by atoms with Crippen molar-refractivity contribution in [1.29, 1.82) is 0 Å². The quantitative estimate of drug-likeness (QED) is 0.828. The van der Waals surface area contributed by atoms with Gasteiger partial charge in [-0.2, -0.15) is 0 Å². The summed E-state index contributed by atoms with van der Waals surface area (Å²) in [7, 11) is 0. The number of hydrogen-bond donors (Lipinski definition) is 1. The minimum atomic E-state index is -0.219. The Bertz CT molecular complexity index is 561. The number of carbonyl (C=O) groups excluding carboxylic acids is 1. The van der Waals surface area contributed by atoms with E-state index in [4.69, 9.17) is 11.6 Å². The molecule has 2 aromatic carbocycles. The average Bonchev–Trinajstić information content (AvgIpc) is 2.41. The fourth-order valence-electron chi connectivity index (χ4n) is 1.51. The third-order valence-corrected chi connectivity index (χ3v) is 2.75. The Balaban J connectivity index is 2.09. The lowest BCUT2D eigenvalue weighted by atomic mass is 10.1. The van der Waals surface area contributed by atoms with E-state index >= 15 is 0 Å². The molecule has 0 aliphatic heterocycles. The van der Waals surface area contributed by atoms with Crippen molar-refractivity contribution in [2.45, 2.75) is 0 Å². The number of halogens is 1. The van der Waals surface area contributed by atoms with Gasteiger partial charge < -0.3 is 5.32 Å². The van der Waals surface area contributed by atoms with Gasteiger partial charge in [-0.3, -0.25) is 4.79 Å². The maximum atomic E-state index is 12.0. The summed E-state index contributed by atoms with van der Waals surface area (Å²) in [4.78, 5) is 12.0. The van der Waals surface area contributed by atoms with Gasteiger partial charge in [-0.1, -0.05) is 48.5 Å². The Hall–Kier alpha value is -2.06. The third-order valence-electron chi connectivity index (χ3n) is 2.50. The summed E-state index contributed by atoms with van der Waals surface area (Å²) in [6.07, 6.45) is 0. The molecule has 0 saturated carbocycles. The molecule has 0 bridgehead atoms. The van der Waals surface area contributed by atoms with Gasteiger partial charge >= 0.3 is 0 Å². The van der Waals surface area contributed by atoms with Crippen molar-refractivity contribution in [1.82, 2.24) is 0 Å². The number of nitrogens with one attached hydrogen (secondary N) is 1. The molecule has 2 nitrogen and oxygen atoms in total. The predicted octanol–water partition coefficient (Wildman–Crippen LogP) is 3.99. The maximum absolute atomic E-state index is 12.0. The van der Waals surface area contributed by atoms with Gasteiger partial charge in [0.2, 0.25) is 0 Å². The Morgan fingerprint density at radius 2 is 1.61 bits per heavy atom. The molecule has 0 aliphatic carbocycles. The van der Waals surface area contributed by atoms with Gasteiger partial charge in [0.1, 0.15) is 0 Å². The molecule has 90 valence electrons. The molecule has 0 unspecified atom stereocenters. The minimum Gasteiger partial charge on any atom is -0.322 e. The number of anilines is 1. The summed E-state index contributed by atoms with van der Waals surface area (Å²) in [6.45, 7) is 3.80. The van der Waals surface area contributed by atoms with E-state index in [0.29, 0.717) is 16.3 Å². The van der Waals surface area contributed by atoms with Crippen LogP contribution in [0.25, 0.3) is 5.57 Å². The standard InChI is InChI=1S/C15H12ClNO/c1-11(12-5-3-2-4-6-12)15(18)17-14-9-7-13(16)8-10-14/h2-10H,1H2,(H,17,18). The van der Waals surface area contributed by atoms with Gasteiger partial charge in [-0.15, -0.1) is 0 Å². The Kier molecular flexibility index (Phi) is 3.80. The van der Waals surface area contributed by atoms with Crippen LogP contribution in [0.5, 0.6) is 0 Å². The Morgan fingerprint density at radius 3 is 2.22 bits per heavy atom. The average molecular weight is 258 g/mol. The fraction of sp³-hybridized carbons (Fsp3) is 0. The van der Waals surface area contributed by atoms with Crippen molar-refractivity contribution >= 4 is 28.8 Å². The van der Waals surface area contributed by atoms with Crippen molar-refractivity contribution in [2.24, 2.45) is 0 Å². The van der Waals surface area contributed by atoms with Crippen LogP contribution in [0.4, 0.5) is 5.69 Å². The first-order valence-corrected chi connectivity index (χ1v) is 5.86. The van der Waals surface area contributed by atoms with Gasteiger partial charge in [-0.05, 0) is 29.8 Å². The third kappa shape index (κ3) is 2.99. The molecule has 2 aromatic rings. The molecule has 1 N–H and O–H groups in total. The van der Waals surface area contributed by atoms with E-state index in [-0.39, 0.29) is 5.91 Å². The van der Waals surface area contributed by atoms with Crippen LogP contribution >= 0.6 is 11.6 Å². The van der Waals surface area contributed by atoms with Gasteiger partial charge in [0, 0.05) is 16.3 Å². The molecule has 0 radical (unpaired) electrons. The zero-order chi connectivity index (χ0) is 13.0. The monoisotopic (exact) mass is 257 g/mol. The van der Waals surface area contributed by atoms with Crippen LogP contribution in [0.1, 0.15) is 5.56 Å². The van der Waals surface area contributed by atoms with Crippen molar-refractivity contribution in [3.63, 3.8) is 0 Å². The van der Waals surface area contributed by atoms with Crippen LogP contribution < -0.4 is 5.32 Å². The van der Waals surface area contributed by atoms with Gasteiger partial charge in [0.25, 0.3) is 5.91 Å². The number of carbonyl (C=O) groups is 1. The summed E-state index contributed by atoms with van der Waals surface area (Å²) in [5.41, 5.74) is 1.94. The molecular weight excluding hydrogens is 246 g/mol. The van der Waals surface area contributed by atoms with Crippen molar-refractivity contribution in [2.75, 3.05) is 5.32 Å². The largest absolute Gasteiger partial charge is 0.322 e. The molecule has 0 fully saturated rings. The molecule has 3 heteroatoms. The minimum absolute atomic E-state index is 0.219. The summed E-state index contributed by atoms with van der Waals surface area (Å²) >= 11 is 5.78. The smallest absolute Gasteiger partial charge is 0.255 e. The highest BCUT2D eigenvalue weighted by molar-refractivity contribution is 6.30. The van der Waals surface area contributed by atoms with E-state index < -0.39 is 0 Å². The molecule has 0 heterocycles. The first kappa shape index (κ1) is 12.4. The van der Waals surface area contributed by atoms with E-state index in [9.17, 15) is 4.79 Å². The SMILES string of the molecule is C=C(C(=O)Nc1ccc(Cl)cc1)c1ccccc1. The molecule has 1 amide bonds. The van der Waals surface area contributed by atoms with E-state index in [1.165, 1.54) is 0 Å². The van der Waals surface area contributed by atoms with Crippen molar-refractivity contribution < 1.29 is 4.79 Å². The Labute approximate surface area is 111 Å². The highest BCUT2D eigenvalue weighted by atomic mass is 35.5. The number of hydrogen-bond acceptors (Lipinski definition) is 1. The van der Waals surface area contributed by atoms with Crippen LogP contribution in [-0.4, -0.2) is 5.91 Å². The fourth-order valence-corrected chi connectivity index (χ4v) is 1.64. The molecule has 0 atom stereocenters. The molecule has 18 heavy (non-hydrogen) atoms. The van der Waals surface area contributed by atoms with Gasteiger partial charge in [0.15, 0.2) is 0 Å². The second-order valence-electron chi connectivity index (χ2n) is 3.81. The molecule has 0 spiro atoms. The van der Waals surface area contributed by atoms with E-state index in [2.05, 4.69) is 11.9 Å². The Morgan fingerprint density at radius 1 is 1.00 bits per heavy atom. The lowest BCUT2D eigenvalue weighted by Gasteiger charge is -2.07. The highest BCUT2D eigenvalue weighted by Crippen LogP contribution is 2.17. The van der Waals surface area contributed by atoms with Crippen LogP contribution in [0.15, 0.2) is 61.2 Å².